The zero-order chi connectivity index (χ0) is 40.3. The number of fused-ring (bicyclic) bond motifs is 8. The lowest BCUT2D eigenvalue weighted by Crippen LogP contribution is -2.29. The van der Waals surface area contributed by atoms with Gasteiger partial charge in [-0.25, -0.2) is 0 Å². The molecule has 12 rings (SSSR count). The minimum absolute atomic E-state index is 0.578. The standard InChI is InChI=1S/C59H40N2/c1-5-18-41(19-6-1)43-21-17-28-47(38-43)60(49-34-37-53-52-30-15-16-31-56(52)61(57(53)40-49)46-26-11-4-12-27-46)48-33-36-51-54-35-32-42-20-13-14-29-50(42)58(54)59(55(51)39-48,44-22-7-2-8-23-44)45-24-9-3-10-25-45/h1-40H. The average Bonchev–Trinajstić information content (AvgIpc) is 3.83. The summed E-state index contributed by atoms with van der Waals surface area (Å²) in [6, 6.07) is 89.2. The third-order valence-electron chi connectivity index (χ3n) is 12.8. The molecule has 1 heterocycles. The molecule has 0 unspecified atom stereocenters. The lowest BCUT2D eigenvalue weighted by Gasteiger charge is -2.35. The molecule has 10 aromatic carbocycles. The maximum atomic E-state index is 2.48. The van der Waals surface area contributed by atoms with Crippen LogP contribution in [0.2, 0.25) is 0 Å². The van der Waals surface area contributed by atoms with E-state index in [1.807, 2.05) is 0 Å². The Hall–Kier alpha value is -7.94. The number of rotatable bonds is 7. The van der Waals surface area contributed by atoms with E-state index in [1.54, 1.807) is 0 Å². The van der Waals surface area contributed by atoms with E-state index in [4.69, 9.17) is 0 Å². The second kappa shape index (κ2) is 14.1. The van der Waals surface area contributed by atoms with Gasteiger partial charge in [-0.1, -0.05) is 188 Å². The smallest absolute Gasteiger partial charge is 0.0720 e. The largest absolute Gasteiger partial charge is 0.310 e. The third kappa shape index (κ3) is 5.43. The first-order valence-electron chi connectivity index (χ1n) is 21.1. The Kier molecular flexibility index (Phi) is 8.11. The summed E-state index contributed by atoms with van der Waals surface area (Å²) in [7, 11) is 0. The van der Waals surface area contributed by atoms with Crippen molar-refractivity contribution in [1.82, 2.24) is 4.57 Å². The van der Waals surface area contributed by atoms with Crippen LogP contribution in [0.4, 0.5) is 17.1 Å². The van der Waals surface area contributed by atoms with Crippen LogP contribution in [0.15, 0.2) is 243 Å². The quantitative estimate of drug-likeness (QED) is 0.156. The van der Waals surface area contributed by atoms with Crippen molar-refractivity contribution in [1.29, 1.82) is 0 Å². The van der Waals surface area contributed by atoms with Crippen LogP contribution in [0.1, 0.15) is 22.3 Å². The fourth-order valence-corrected chi connectivity index (χ4v) is 10.2. The van der Waals surface area contributed by atoms with E-state index in [0.29, 0.717) is 0 Å². The molecule has 2 nitrogen and oxygen atoms in total. The first-order chi connectivity index (χ1) is 30.3. The van der Waals surface area contributed by atoms with Gasteiger partial charge in [0.15, 0.2) is 0 Å². The molecule has 0 aliphatic heterocycles. The molecule has 1 aliphatic rings. The van der Waals surface area contributed by atoms with E-state index >= 15 is 0 Å². The zero-order valence-electron chi connectivity index (χ0n) is 33.5. The van der Waals surface area contributed by atoms with Crippen molar-refractivity contribution < 1.29 is 0 Å². The normalized spacial score (nSPS) is 12.7. The summed E-state index contributed by atoms with van der Waals surface area (Å²) >= 11 is 0. The number of aromatic nitrogens is 1. The Morgan fingerprint density at radius 2 is 0.902 bits per heavy atom. The summed E-state index contributed by atoms with van der Waals surface area (Å²) in [4.78, 5) is 2.46. The summed E-state index contributed by atoms with van der Waals surface area (Å²) in [5, 5.41) is 4.98. The summed E-state index contributed by atoms with van der Waals surface area (Å²) < 4.78 is 2.41. The van der Waals surface area contributed by atoms with Crippen LogP contribution >= 0.6 is 0 Å². The molecule has 61 heavy (non-hydrogen) atoms. The highest BCUT2D eigenvalue weighted by Gasteiger charge is 2.47. The highest BCUT2D eigenvalue weighted by atomic mass is 15.1. The van der Waals surface area contributed by atoms with Crippen LogP contribution in [0.3, 0.4) is 0 Å². The molecule has 286 valence electrons. The lowest BCUT2D eigenvalue weighted by molar-refractivity contribution is 0.775. The van der Waals surface area contributed by atoms with Gasteiger partial charge in [-0.2, -0.15) is 0 Å². The Labute approximate surface area is 355 Å². The van der Waals surface area contributed by atoms with Gasteiger partial charge in [-0.15, -0.1) is 0 Å². The molecule has 11 aromatic rings. The molecule has 1 aromatic heterocycles. The number of nitrogens with zero attached hydrogens (tertiary/aromatic N) is 2. The molecular formula is C59H40N2. The highest BCUT2D eigenvalue weighted by Crippen LogP contribution is 2.59. The van der Waals surface area contributed by atoms with E-state index in [2.05, 4.69) is 252 Å². The maximum absolute atomic E-state index is 2.48. The molecule has 0 saturated carbocycles. The summed E-state index contributed by atoms with van der Waals surface area (Å²) in [6.07, 6.45) is 0. The van der Waals surface area contributed by atoms with E-state index in [0.717, 1.165) is 28.3 Å². The molecule has 0 atom stereocenters. The number of hydrogen-bond acceptors (Lipinski definition) is 1. The van der Waals surface area contributed by atoms with Gasteiger partial charge < -0.3 is 9.47 Å². The van der Waals surface area contributed by atoms with Gasteiger partial charge in [0, 0.05) is 33.5 Å². The van der Waals surface area contributed by atoms with Crippen LogP contribution in [-0.4, -0.2) is 4.57 Å². The monoisotopic (exact) mass is 776 g/mol. The molecule has 0 saturated heterocycles. The SMILES string of the molecule is c1ccc(-c2cccc(N(c3ccc4c(c3)C(c3ccccc3)(c3ccccc3)c3c-4ccc4ccccc34)c3ccc4c5ccccc5n(-c5ccccc5)c4c3)c2)cc1. The molecule has 0 radical (unpaired) electrons. The van der Waals surface area contributed by atoms with Crippen molar-refractivity contribution in [2.45, 2.75) is 5.41 Å². The van der Waals surface area contributed by atoms with Crippen LogP contribution in [0, 0.1) is 0 Å². The predicted molar refractivity (Wildman–Crippen MR) is 256 cm³/mol. The zero-order valence-corrected chi connectivity index (χ0v) is 33.5. The average molecular weight is 777 g/mol. The fourth-order valence-electron chi connectivity index (χ4n) is 10.2. The Bertz CT molecular complexity index is 3360. The van der Waals surface area contributed by atoms with E-state index < -0.39 is 5.41 Å². The molecule has 1 aliphatic carbocycles. The van der Waals surface area contributed by atoms with Crippen molar-refractivity contribution >= 4 is 49.6 Å². The first-order valence-corrected chi connectivity index (χ1v) is 21.1. The molecule has 0 bridgehead atoms. The molecule has 2 heteroatoms. The second-order valence-corrected chi connectivity index (χ2v) is 16.1. The number of anilines is 3. The lowest BCUT2D eigenvalue weighted by atomic mass is 9.66. The minimum Gasteiger partial charge on any atom is -0.310 e. The van der Waals surface area contributed by atoms with Crippen molar-refractivity contribution in [2.24, 2.45) is 0 Å². The van der Waals surface area contributed by atoms with Crippen LogP contribution < -0.4 is 4.90 Å². The van der Waals surface area contributed by atoms with Gasteiger partial charge in [-0.05, 0) is 110 Å². The minimum atomic E-state index is -0.578. The molecule has 0 N–H and O–H groups in total. The Balaban J connectivity index is 1.16. The highest BCUT2D eigenvalue weighted by molar-refractivity contribution is 6.10. The van der Waals surface area contributed by atoms with E-state index in [1.165, 1.54) is 71.6 Å². The summed E-state index contributed by atoms with van der Waals surface area (Å²) in [6.45, 7) is 0. The molecule has 0 fully saturated rings. The van der Waals surface area contributed by atoms with Crippen molar-refractivity contribution in [3.8, 4) is 27.9 Å². The predicted octanol–water partition coefficient (Wildman–Crippen LogP) is 15.4. The Morgan fingerprint density at radius 3 is 1.66 bits per heavy atom. The number of hydrogen-bond donors (Lipinski definition) is 0. The summed E-state index contributed by atoms with van der Waals surface area (Å²) in [5.74, 6) is 0. The second-order valence-electron chi connectivity index (χ2n) is 16.1. The number of para-hydroxylation sites is 2. The third-order valence-corrected chi connectivity index (χ3v) is 12.8. The van der Waals surface area contributed by atoms with Crippen LogP contribution in [-0.2, 0) is 5.41 Å². The van der Waals surface area contributed by atoms with E-state index in [-0.39, 0.29) is 0 Å². The fraction of sp³-hybridized carbons (Fsp3) is 0.0169. The summed E-state index contributed by atoms with van der Waals surface area (Å²) in [5.41, 5.74) is 16.2. The van der Waals surface area contributed by atoms with Gasteiger partial charge in [0.05, 0.1) is 16.4 Å². The van der Waals surface area contributed by atoms with Gasteiger partial charge in [0.25, 0.3) is 0 Å². The molecule has 0 amide bonds. The molecular weight excluding hydrogens is 737 g/mol. The van der Waals surface area contributed by atoms with Gasteiger partial charge in [0.1, 0.15) is 0 Å². The van der Waals surface area contributed by atoms with E-state index in [9.17, 15) is 0 Å². The topological polar surface area (TPSA) is 8.17 Å². The van der Waals surface area contributed by atoms with Crippen molar-refractivity contribution in [2.75, 3.05) is 4.90 Å². The van der Waals surface area contributed by atoms with Crippen molar-refractivity contribution in [3.63, 3.8) is 0 Å². The van der Waals surface area contributed by atoms with Gasteiger partial charge in [-0.3, -0.25) is 0 Å². The van der Waals surface area contributed by atoms with Crippen LogP contribution in [0.25, 0.3) is 60.5 Å². The first kappa shape index (κ1) is 35.0. The van der Waals surface area contributed by atoms with Gasteiger partial charge in [0.2, 0.25) is 0 Å². The van der Waals surface area contributed by atoms with Crippen LogP contribution in [0.5, 0.6) is 0 Å². The van der Waals surface area contributed by atoms with Gasteiger partial charge >= 0.3 is 0 Å². The molecule has 0 spiro atoms. The van der Waals surface area contributed by atoms with Crippen molar-refractivity contribution in [3.05, 3.63) is 265 Å². The Morgan fingerprint density at radius 1 is 0.344 bits per heavy atom. The maximum Gasteiger partial charge on any atom is 0.0720 e. The number of benzene rings is 10.